The molecule has 1 amide bonds. The van der Waals surface area contributed by atoms with Crippen molar-refractivity contribution in [2.75, 3.05) is 12.4 Å². The van der Waals surface area contributed by atoms with Crippen LogP contribution in [0, 0.1) is 0 Å². The first-order valence-corrected chi connectivity index (χ1v) is 9.94. The van der Waals surface area contributed by atoms with Crippen molar-refractivity contribution in [2.45, 2.75) is 30.8 Å². The number of nitrogens with zero attached hydrogens (tertiary/aromatic N) is 4. The van der Waals surface area contributed by atoms with E-state index in [1.807, 2.05) is 30.5 Å². The molecule has 1 atom stereocenters. The van der Waals surface area contributed by atoms with Gasteiger partial charge in [0.15, 0.2) is 11.0 Å². The second kappa shape index (κ2) is 9.07. The third-order valence-electron chi connectivity index (χ3n) is 4.04. The van der Waals surface area contributed by atoms with Gasteiger partial charge in [-0.1, -0.05) is 23.4 Å². The van der Waals surface area contributed by atoms with Crippen LogP contribution in [-0.4, -0.2) is 38.0 Å². The zero-order valence-corrected chi connectivity index (χ0v) is 17.3. The molecule has 0 spiro atoms. The summed E-state index contributed by atoms with van der Waals surface area (Å²) >= 11 is 7.47. The van der Waals surface area contributed by atoms with Gasteiger partial charge in [-0.15, -0.1) is 10.2 Å². The molecule has 0 bridgehead atoms. The number of nitrogens with one attached hydrogen (secondary N) is 1. The van der Waals surface area contributed by atoms with Crippen LogP contribution in [0.1, 0.15) is 13.8 Å². The lowest BCUT2D eigenvalue weighted by atomic mass is 10.2. The fourth-order valence-electron chi connectivity index (χ4n) is 2.58. The van der Waals surface area contributed by atoms with Crippen LogP contribution in [0.15, 0.2) is 47.9 Å². The molecule has 1 aromatic carbocycles. The van der Waals surface area contributed by atoms with Crippen LogP contribution >= 0.6 is 23.4 Å². The highest BCUT2D eigenvalue weighted by molar-refractivity contribution is 8.00. The first-order valence-electron chi connectivity index (χ1n) is 8.68. The van der Waals surface area contributed by atoms with E-state index in [9.17, 15) is 4.79 Å². The monoisotopic (exact) mass is 417 g/mol. The van der Waals surface area contributed by atoms with Gasteiger partial charge >= 0.3 is 0 Å². The molecule has 2 aromatic heterocycles. The molecule has 9 heteroatoms. The Labute approximate surface area is 172 Å². The number of pyridine rings is 1. The van der Waals surface area contributed by atoms with E-state index in [1.54, 1.807) is 37.7 Å². The first kappa shape index (κ1) is 20.2. The molecule has 1 N–H and O–H groups in total. The number of amides is 1. The summed E-state index contributed by atoms with van der Waals surface area (Å²) in [5, 5.41) is 12.2. The molecule has 28 heavy (non-hydrogen) atoms. The lowest BCUT2D eigenvalue weighted by molar-refractivity contribution is -0.115. The maximum absolute atomic E-state index is 12.6. The molecule has 0 saturated heterocycles. The van der Waals surface area contributed by atoms with E-state index >= 15 is 0 Å². The Kier molecular flexibility index (Phi) is 6.53. The number of rotatable bonds is 7. The molecule has 0 fully saturated rings. The minimum absolute atomic E-state index is 0.151. The molecule has 1 unspecified atom stereocenters. The summed E-state index contributed by atoms with van der Waals surface area (Å²) in [6, 6.07) is 8.88. The minimum Gasteiger partial charge on any atom is -0.495 e. The van der Waals surface area contributed by atoms with E-state index in [-0.39, 0.29) is 11.2 Å². The normalized spacial score (nSPS) is 11.9. The largest absolute Gasteiger partial charge is 0.495 e. The van der Waals surface area contributed by atoms with E-state index < -0.39 is 0 Å². The molecule has 0 aliphatic carbocycles. The number of thioether (sulfide) groups is 1. The van der Waals surface area contributed by atoms with Crippen LogP contribution in [0.4, 0.5) is 5.69 Å². The van der Waals surface area contributed by atoms with Crippen LogP contribution in [-0.2, 0) is 11.3 Å². The maximum Gasteiger partial charge on any atom is 0.237 e. The summed E-state index contributed by atoms with van der Waals surface area (Å²) in [5.74, 6) is 1.16. The summed E-state index contributed by atoms with van der Waals surface area (Å²) in [4.78, 5) is 16.6. The molecule has 0 saturated carbocycles. The Morgan fingerprint density at radius 2 is 2.04 bits per heavy atom. The van der Waals surface area contributed by atoms with Crippen LogP contribution in [0.5, 0.6) is 5.75 Å². The van der Waals surface area contributed by atoms with Crippen molar-refractivity contribution in [1.29, 1.82) is 0 Å². The number of methoxy groups -OCH3 is 1. The summed E-state index contributed by atoms with van der Waals surface area (Å²) in [6.45, 7) is 4.53. The van der Waals surface area contributed by atoms with E-state index in [0.29, 0.717) is 28.2 Å². The van der Waals surface area contributed by atoms with Gasteiger partial charge in [0.05, 0.1) is 17.4 Å². The lowest BCUT2D eigenvalue weighted by Crippen LogP contribution is -2.23. The third kappa shape index (κ3) is 4.45. The molecule has 146 valence electrons. The van der Waals surface area contributed by atoms with Gasteiger partial charge in [-0.2, -0.15) is 0 Å². The standard InChI is InChI=1S/C19H20ClN5O2S/c1-4-25-17(13-7-9-21-10-8-13)23-24-19(25)28-12(2)18(26)22-14-5-6-16(27-3)15(20)11-14/h5-12H,4H2,1-3H3,(H,22,26). The zero-order valence-electron chi connectivity index (χ0n) is 15.7. The summed E-state index contributed by atoms with van der Waals surface area (Å²) in [7, 11) is 1.54. The molecule has 7 nitrogen and oxygen atoms in total. The average molecular weight is 418 g/mol. The molecule has 0 radical (unpaired) electrons. The molecule has 3 aromatic rings. The van der Waals surface area contributed by atoms with Crippen molar-refractivity contribution < 1.29 is 9.53 Å². The second-order valence-electron chi connectivity index (χ2n) is 5.88. The zero-order chi connectivity index (χ0) is 20.1. The number of ether oxygens (including phenoxy) is 1. The molecule has 0 aliphatic rings. The predicted molar refractivity (Wildman–Crippen MR) is 111 cm³/mol. The van der Waals surface area contributed by atoms with Gasteiger partial charge in [0.1, 0.15) is 5.75 Å². The van der Waals surface area contributed by atoms with Gasteiger partial charge in [-0.05, 0) is 44.2 Å². The number of benzene rings is 1. The molecule has 0 aliphatic heterocycles. The Balaban J connectivity index is 1.72. The van der Waals surface area contributed by atoms with Gasteiger partial charge in [0.2, 0.25) is 5.91 Å². The Morgan fingerprint density at radius 1 is 1.29 bits per heavy atom. The highest BCUT2D eigenvalue weighted by atomic mass is 35.5. The first-order chi connectivity index (χ1) is 13.5. The predicted octanol–water partition coefficient (Wildman–Crippen LogP) is 4.14. The van der Waals surface area contributed by atoms with Crippen LogP contribution in [0.3, 0.4) is 0 Å². The number of hydrogen-bond donors (Lipinski definition) is 1. The van der Waals surface area contributed by atoms with Gasteiger partial charge in [-0.3, -0.25) is 9.78 Å². The van der Waals surface area contributed by atoms with Gasteiger partial charge in [0.25, 0.3) is 0 Å². The van der Waals surface area contributed by atoms with Crippen molar-refractivity contribution in [3.05, 3.63) is 47.7 Å². The quantitative estimate of drug-likeness (QED) is 0.582. The van der Waals surface area contributed by atoms with Gasteiger partial charge in [-0.25, -0.2) is 0 Å². The maximum atomic E-state index is 12.6. The van der Waals surface area contributed by atoms with E-state index in [0.717, 1.165) is 11.4 Å². The number of anilines is 1. The van der Waals surface area contributed by atoms with Crippen molar-refractivity contribution in [2.24, 2.45) is 0 Å². The highest BCUT2D eigenvalue weighted by Gasteiger charge is 2.20. The van der Waals surface area contributed by atoms with E-state index in [2.05, 4.69) is 20.5 Å². The number of halogens is 1. The van der Waals surface area contributed by atoms with E-state index in [1.165, 1.54) is 11.8 Å². The van der Waals surface area contributed by atoms with Crippen LogP contribution in [0.2, 0.25) is 5.02 Å². The SMILES string of the molecule is CCn1c(SC(C)C(=O)Nc2ccc(OC)c(Cl)c2)nnc1-c1ccncc1. The van der Waals surface area contributed by atoms with Crippen molar-refractivity contribution >= 4 is 35.0 Å². The van der Waals surface area contributed by atoms with Crippen molar-refractivity contribution in [1.82, 2.24) is 19.7 Å². The smallest absolute Gasteiger partial charge is 0.237 e. The Hall–Kier alpha value is -2.58. The molecular formula is C19H20ClN5O2S. The van der Waals surface area contributed by atoms with E-state index in [4.69, 9.17) is 16.3 Å². The van der Waals surface area contributed by atoms with Crippen molar-refractivity contribution in [3.8, 4) is 17.1 Å². The fourth-order valence-corrected chi connectivity index (χ4v) is 3.75. The summed E-state index contributed by atoms with van der Waals surface area (Å²) < 4.78 is 7.11. The Morgan fingerprint density at radius 3 is 2.68 bits per heavy atom. The minimum atomic E-state index is -0.374. The highest BCUT2D eigenvalue weighted by Crippen LogP contribution is 2.29. The second-order valence-corrected chi connectivity index (χ2v) is 7.60. The summed E-state index contributed by atoms with van der Waals surface area (Å²) in [6.07, 6.45) is 3.43. The topological polar surface area (TPSA) is 81.9 Å². The molecule has 3 rings (SSSR count). The number of carbonyl (C=O) groups is 1. The number of hydrogen-bond acceptors (Lipinski definition) is 6. The van der Waals surface area contributed by atoms with Gasteiger partial charge in [0, 0.05) is 30.2 Å². The average Bonchev–Trinajstić information content (AvgIpc) is 3.11. The fraction of sp³-hybridized carbons (Fsp3) is 0.263. The number of aromatic nitrogens is 4. The van der Waals surface area contributed by atoms with Crippen LogP contribution < -0.4 is 10.1 Å². The molecular weight excluding hydrogens is 398 g/mol. The van der Waals surface area contributed by atoms with Crippen molar-refractivity contribution in [3.63, 3.8) is 0 Å². The lowest BCUT2D eigenvalue weighted by Gasteiger charge is -2.13. The Bertz CT molecular complexity index is 964. The van der Waals surface area contributed by atoms with Crippen LogP contribution in [0.25, 0.3) is 11.4 Å². The number of carbonyl (C=O) groups excluding carboxylic acids is 1. The molecule has 2 heterocycles. The summed E-state index contributed by atoms with van der Waals surface area (Å²) in [5.41, 5.74) is 1.54. The third-order valence-corrected chi connectivity index (χ3v) is 5.42. The van der Waals surface area contributed by atoms with Gasteiger partial charge < -0.3 is 14.6 Å².